The second kappa shape index (κ2) is 5.91. The van der Waals surface area contributed by atoms with Gasteiger partial charge in [-0.3, -0.25) is 4.79 Å². The van der Waals surface area contributed by atoms with Crippen LogP contribution in [0.1, 0.15) is 26.3 Å². The van der Waals surface area contributed by atoms with E-state index in [1.807, 2.05) is 0 Å². The third kappa shape index (κ3) is 5.69. The highest BCUT2D eigenvalue weighted by Gasteiger charge is 2.31. The lowest BCUT2D eigenvalue weighted by Crippen LogP contribution is -2.28. The molecule has 0 bridgehead atoms. The van der Waals surface area contributed by atoms with Crippen molar-refractivity contribution < 1.29 is 22.7 Å². The summed E-state index contributed by atoms with van der Waals surface area (Å²) in [7, 11) is 0. The lowest BCUT2D eigenvalue weighted by Gasteiger charge is -2.20. The molecule has 0 saturated carbocycles. The molecule has 1 aromatic rings. The van der Waals surface area contributed by atoms with E-state index in [9.17, 15) is 18.0 Å². The van der Waals surface area contributed by atoms with Gasteiger partial charge in [0.15, 0.2) is 0 Å². The summed E-state index contributed by atoms with van der Waals surface area (Å²) in [5.74, 6) is -0.564. The van der Waals surface area contributed by atoms with E-state index in [1.54, 1.807) is 20.8 Å². The first-order chi connectivity index (χ1) is 8.97. The van der Waals surface area contributed by atoms with Gasteiger partial charge in [0.1, 0.15) is 12.1 Å². The predicted octanol–water partition coefficient (Wildman–Crippen LogP) is 4.11. The van der Waals surface area contributed by atoms with Crippen LogP contribution in [0.2, 0.25) is 5.02 Å². The second-order valence-electron chi connectivity index (χ2n) is 5.17. The van der Waals surface area contributed by atoms with Crippen molar-refractivity contribution in [1.29, 1.82) is 0 Å². The van der Waals surface area contributed by atoms with Gasteiger partial charge in [-0.25, -0.2) is 0 Å². The van der Waals surface area contributed by atoms with Crippen LogP contribution in [0.5, 0.6) is 0 Å². The third-order valence-corrected chi connectivity index (χ3v) is 2.30. The number of anilines is 1. The summed E-state index contributed by atoms with van der Waals surface area (Å²) in [6, 6.07) is 3.01. The first kappa shape index (κ1) is 16.6. The zero-order valence-electron chi connectivity index (χ0n) is 11.3. The Labute approximate surface area is 120 Å². The minimum atomic E-state index is -4.49. The number of rotatable bonds is 3. The van der Waals surface area contributed by atoms with Crippen LogP contribution < -0.4 is 5.32 Å². The molecule has 0 amide bonds. The molecule has 0 aliphatic rings. The Hall–Kier alpha value is -1.43. The fourth-order valence-electron chi connectivity index (χ4n) is 1.41. The van der Waals surface area contributed by atoms with Crippen molar-refractivity contribution in [2.24, 2.45) is 0 Å². The SMILES string of the molecule is CC(C)(C)OC(=O)CNc1cc(Cl)cc(C(F)(F)F)c1. The largest absolute Gasteiger partial charge is 0.459 e. The summed E-state index contributed by atoms with van der Waals surface area (Å²) in [6.45, 7) is 4.86. The molecular formula is C13H15ClF3NO2. The molecule has 0 radical (unpaired) electrons. The highest BCUT2D eigenvalue weighted by Crippen LogP contribution is 2.33. The Bertz CT molecular complexity index is 495. The van der Waals surface area contributed by atoms with Crippen molar-refractivity contribution in [3.63, 3.8) is 0 Å². The molecule has 0 saturated heterocycles. The Balaban J connectivity index is 2.74. The molecule has 0 atom stereocenters. The summed E-state index contributed by atoms with van der Waals surface area (Å²) in [5, 5.41) is 2.50. The summed E-state index contributed by atoms with van der Waals surface area (Å²) >= 11 is 5.62. The molecule has 112 valence electrons. The average Bonchev–Trinajstić information content (AvgIpc) is 2.22. The summed E-state index contributed by atoms with van der Waals surface area (Å²) < 4.78 is 42.8. The van der Waals surface area contributed by atoms with Gasteiger partial charge < -0.3 is 10.1 Å². The number of hydrogen-bond acceptors (Lipinski definition) is 3. The number of carbonyl (C=O) groups excluding carboxylic acids is 1. The number of esters is 1. The van der Waals surface area contributed by atoms with E-state index in [0.717, 1.165) is 12.1 Å². The predicted molar refractivity (Wildman–Crippen MR) is 70.8 cm³/mol. The van der Waals surface area contributed by atoms with Crippen molar-refractivity contribution >= 4 is 23.3 Å². The highest BCUT2D eigenvalue weighted by atomic mass is 35.5. The molecule has 7 heteroatoms. The molecule has 0 aliphatic heterocycles. The normalized spacial score (nSPS) is 12.2. The number of benzene rings is 1. The van der Waals surface area contributed by atoms with Gasteiger partial charge in [0.25, 0.3) is 0 Å². The summed E-state index contributed by atoms with van der Waals surface area (Å²) in [4.78, 5) is 11.5. The van der Waals surface area contributed by atoms with Crippen LogP contribution in [-0.4, -0.2) is 18.1 Å². The van der Waals surface area contributed by atoms with Gasteiger partial charge in [-0.15, -0.1) is 0 Å². The van der Waals surface area contributed by atoms with Gasteiger partial charge in [-0.1, -0.05) is 11.6 Å². The maximum absolute atomic E-state index is 12.6. The van der Waals surface area contributed by atoms with Gasteiger partial charge in [0.05, 0.1) is 5.56 Å². The molecule has 1 N–H and O–H groups in total. The van der Waals surface area contributed by atoms with E-state index >= 15 is 0 Å². The van der Waals surface area contributed by atoms with Crippen molar-refractivity contribution in [1.82, 2.24) is 0 Å². The van der Waals surface area contributed by atoms with E-state index in [4.69, 9.17) is 16.3 Å². The Morgan fingerprint density at radius 2 is 1.85 bits per heavy atom. The van der Waals surface area contributed by atoms with Crippen molar-refractivity contribution in [2.75, 3.05) is 11.9 Å². The van der Waals surface area contributed by atoms with E-state index < -0.39 is 23.3 Å². The maximum atomic E-state index is 12.6. The molecule has 0 aromatic heterocycles. The number of carbonyl (C=O) groups is 1. The van der Waals surface area contributed by atoms with Crippen LogP contribution in [0.25, 0.3) is 0 Å². The van der Waals surface area contributed by atoms with Crippen molar-refractivity contribution in [3.05, 3.63) is 28.8 Å². The lowest BCUT2D eigenvalue weighted by atomic mass is 10.2. The number of alkyl halides is 3. The van der Waals surface area contributed by atoms with E-state index in [0.29, 0.717) is 0 Å². The number of hydrogen-bond donors (Lipinski definition) is 1. The molecule has 0 heterocycles. The highest BCUT2D eigenvalue weighted by molar-refractivity contribution is 6.30. The van der Waals surface area contributed by atoms with Crippen LogP contribution in [0, 0.1) is 0 Å². The van der Waals surface area contributed by atoms with Crippen molar-refractivity contribution in [3.8, 4) is 0 Å². The molecule has 0 spiro atoms. The molecule has 1 rings (SSSR count). The van der Waals surface area contributed by atoms with Gasteiger partial charge in [-0.05, 0) is 39.0 Å². The van der Waals surface area contributed by atoms with Crippen LogP contribution >= 0.6 is 11.6 Å². The first-order valence-electron chi connectivity index (χ1n) is 5.81. The maximum Gasteiger partial charge on any atom is 0.416 e. The van der Waals surface area contributed by atoms with Crippen molar-refractivity contribution in [2.45, 2.75) is 32.5 Å². The van der Waals surface area contributed by atoms with Crippen LogP contribution in [0.4, 0.5) is 18.9 Å². The lowest BCUT2D eigenvalue weighted by molar-refractivity contribution is -0.152. The fraction of sp³-hybridized carbons (Fsp3) is 0.462. The minimum absolute atomic E-state index is 0.0634. The number of nitrogens with one attached hydrogen (secondary N) is 1. The van der Waals surface area contributed by atoms with E-state index in [-0.39, 0.29) is 17.3 Å². The molecule has 1 aromatic carbocycles. The molecule has 3 nitrogen and oxygen atoms in total. The van der Waals surface area contributed by atoms with E-state index in [1.165, 1.54) is 6.07 Å². The van der Waals surface area contributed by atoms with Crippen LogP contribution in [-0.2, 0) is 15.7 Å². The summed E-state index contributed by atoms with van der Waals surface area (Å²) in [6.07, 6.45) is -4.49. The van der Waals surface area contributed by atoms with Crippen LogP contribution in [0.15, 0.2) is 18.2 Å². The average molecular weight is 310 g/mol. The van der Waals surface area contributed by atoms with E-state index in [2.05, 4.69) is 5.32 Å². The molecule has 0 unspecified atom stereocenters. The molecular weight excluding hydrogens is 295 g/mol. The second-order valence-corrected chi connectivity index (χ2v) is 5.60. The summed E-state index contributed by atoms with van der Waals surface area (Å²) in [5.41, 5.74) is -1.42. The number of halogens is 4. The zero-order valence-corrected chi connectivity index (χ0v) is 12.0. The monoisotopic (exact) mass is 309 g/mol. The standard InChI is InChI=1S/C13H15ClF3NO2/c1-12(2,3)20-11(19)7-18-10-5-8(13(15,16)17)4-9(14)6-10/h4-6,18H,7H2,1-3H3. The minimum Gasteiger partial charge on any atom is -0.459 e. The number of ether oxygens (including phenoxy) is 1. The molecule has 20 heavy (non-hydrogen) atoms. The smallest absolute Gasteiger partial charge is 0.416 e. The third-order valence-electron chi connectivity index (χ3n) is 2.08. The van der Waals surface area contributed by atoms with Gasteiger partial charge in [0, 0.05) is 10.7 Å². The van der Waals surface area contributed by atoms with Gasteiger partial charge in [0.2, 0.25) is 0 Å². The topological polar surface area (TPSA) is 38.3 Å². The Morgan fingerprint density at radius 1 is 1.25 bits per heavy atom. The Kier molecular flexibility index (Phi) is 4.91. The van der Waals surface area contributed by atoms with Crippen LogP contribution in [0.3, 0.4) is 0 Å². The molecule has 0 aliphatic carbocycles. The first-order valence-corrected chi connectivity index (χ1v) is 6.19. The van der Waals surface area contributed by atoms with Gasteiger partial charge >= 0.3 is 12.1 Å². The quantitative estimate of drug-likeness (QED) is 0.854. The van der Waals surface area contributed by atoms with Gasteiger partial charge in [-0.2, -0.15) is 13.2 Å². The Morgan fingerprint density at radius 3 is 2.35 bits per heavy atom. The fourth-order valence-corrected chi connectivity index (χ4v) is 1.64. The molecule has 0 fully saturated rings. The zero-order chi connectivity index (χ0) is 15.6.